The summed E-state index contributed by atoms with van der Waals surface area (Å²) >= 11 is 1.74. The van der Waals surface area contributed by atoms with E-state index >= 15 is 0 Å². The number of hydrogen-bond donors (Lipinski definition) is 0. The predicted molar refractivity (Wildman–Crippen MR) is 86.7 cm³/mol. The van der Waals surface area contributed by atoms with Gasteiger partial charge in [-0.05, 0) is 31.5 Å². The summed E-state index contributed by atoms with van der Waals surface area (Å²) < 4.78 is 0. The minimum absolute atomic E-state index is 0.00633. The number of benzene rings is 1. The van der Waals surface area contributed by atoms with Gasteiger partial charge in [-0.2, -0.15) is 5.10 Å². The molecule has 0 spiro atoms. The monoisotopic (exact) mass is 298 g/mol. The molecule has 1 aromatic carbocycles. The van der Waals surface area contributed by atoms with Gasteiger partial charge < -0.3 is 0 Å². The first-order valence-electron chi connectivity index (χ1n) is 7.05. The molecular formula is C17H18N2OS. The summed E-state index contributed by atoms with van der Waals surface area (Å²) in [6, 6.07) is 12.6. The smallest absolute Gasteiger partial charge is 0.240 e. The van der Waals surface area contributed by atoms with Crippen molar-refractivity contribution in [2.45, 2.75) is 33.2 Å². The number of carbonyl (C=O) groups excluding carboxylic acids is 1. The van der Waals surface area contributed by atoms with Gasteiger partial charge in [-0.15, -0.1) is 11.3 Å². The fraction of sp³-hybridized carbons (Fsp3) is 0.294. The molecule has 0 saturated carbocycles. The van der Waals surface area contributed by atoms with Gasteiger partial charge in [-0.3, -0.25) is 4.79 Å². The highest BCUT2D eigenvalue weighted by molar-refractivity contribution is 7.12. The maximum absolute atomic E-state index is 11.9. The number of aryl methyl sites for hydroxylation is 2. The van der Waals surface area contributed by atoms with Gasteiger partial charge in [0.05, 0.1) is 11.8 Å². The molecular weight excluding hydrogens is 280 g/mol. The molecule has 3 nitrogen and oxygen atoms in total. The van der Waals surface area contributed by atoms with E-state index in [0.29, 0.717) is 0 Å². The molecule has 0 N–H and O–H groups in total. The van der Waals surface area contributed by atoms with Crippen molar-refractivity contribution in [3.05, 3.63) is 57.3 Å². The van der Waals surface area contributed by atoms with E-state index < -0.39 is 0 Å². The summed E-state index contributed by atoms with van der Waals surface area (Å²) in [6.45, 7) is 5.73. The van der Waals surface area contributed by atoms with Gasteiger partial charge in [-0.1, -0.05) is 29.8 Å². The minimum Gasteiger partial charge on any atom is -0.273 e. The molecule has 0 fully saturated rings. The van der Waals surface area contributed by atoms with E-state index in [0.717, 1.165) is 17.7 Å². The second-order valence-electron chi connectivity index (χ2n) is 5.44. The number of amides is 1. The Kier molecular flexibility index (Phi) is 3.64. The van der Waals surface area contributed by atoms with Gasteiger partial charge >= 0.3 is 0 Å². The largest absolute Gasteiger partial charge is 0.273 e. The van der Waals surface area contributed by atoms with Crippen LogP contribution in [0.4, 0.5) is 0 Å². The summed E-state index contributed by atoms with van der Waals surface area (Å²) in [4.78, 5) is 14.4. The van der Waals surface area contributed by atoms with Crippen molar-refractivity contribution in [2.24, 2.45) is 5.10 Å². The first-order valence-corrected chi connectivity index (χ1v) is 7.87. The van der Waals surface area contributed by atoms with Crippen molar-refractivity contribution in [2.75, 3.05) is 0 Å². The van der Waals surface area contributed by atoms with Crippen molar-refractivity contribution >= 4 is 23.0 Å². The van der Waals surface area contributed by atoms with Crippen LogP contribution in [0, 0.1) is 13.8 Å². The fourth-order valence-corrected chi connectivity index (χ4v) is 3.54. The molecule has 4 heteroatoms. The highest BCUT2D eigenvalue weighted by atomic mass is 32.1. The third-order valence-corrected chi connectivity index (χ3v) is 4.81. The Morgan fingerprint density at radius 3 is 2.48 bits per heavy atom. The molecule has 2 aromatic rings. The summed E-state index contributed by atoms with van der Waals surface area (Å²) in [5.41, 5.74) is 3.31. The SMILES string of the molecule is CC(=O)N1N=C(c2ccc(C)cc2)CC1c1ccc(C)s1. The first-order chi connectivity index (χ1) is 10.0. The average molecular weight is 298 g/mol. The maximum Gasteiger partial charge on any atom is 0.240 e. The molecule has 0 aliphatic carbocycles. The zero-order valence-electron chi connectivity index (χ0n) is 12.5. The first kappa shape index (κ1) is 14.0. The average Bonchev–Trinajstić information content (AvgIpc) is 3.05. The summed E-state index contributed by atoms with van der Waals surface area (Å²) in [5.74, 6) is -0.00633. The summed E-state index contributed by atoms with van der Waals surface area (Å²) in [5, 5.41) is 6.19. The lowest BCUT2D eigenvalue weighted by atomic mass is 10.0. The minimum atomic E-state index is -0.00633. The van der Waals surface area contributed by atoms with Crippen LogP contribution in [0.2, 0.25) is 0 Å². The van der Waals surface area contributed by atoms with Crippen LogP contribution >= 0.6 is 11.3 Å². The van der Waals surface area contributed by atoms with Crippen LogP contribution in [-0.4, -0.2) is 16.6 Å². The number of hydrogen-bond acceptors (Lipinski definition) is 3. The Bertz CT molecular complexity index is 700. The van der Waals surface area contributed by atoms with Crippen molar-refractivity contribution < 1.29 is 4.79 Å². The van der Waals surface area contributed by atoms with Crippen LogP contribution in [0.3, 0.4) is 0 Å². The van der Waals surface area contributed by atoms with E-state index in [1.165, 1.54) is 15.3 Å². The highest BCUT2D eigenvalue weighted by Crippen LogP contribution is 2.36. The molecule has 0 radical (unpaired) electrons. The second kappa shape index (κ2) is 5.45. The molecule has 1 aromatic heterocycles. The molecule has 2 heterocycles. The third-order valence-electron chi connectivity index (χ3n) is 3.71. The standard InChI is InChI=1S/C17H18N2OS/c1-11-4-7-14(8-5-11)15-10-16(19(18-15)13(3)20)17-9-6-12(2)21-17/h4-9,16H,10H2,1-3H3. The Hall–Kier alpha value is -1.94. The van der Waals surface area contributed by atoms with Gasteiger partial charge in [0, 0.05) is 23.1 Å². The third kappa shape index (κ3) is 2.76. The Balaban J connectivity index is 1.92. The van der Waals surface area contributed by atoms with Gasteiger partial charge in [0.25, 0.3) is 0 Å². The van der Waals surface area contributed by atoms with Crippen molar-refractivity contribution in [1.82, 2.24) is 5.01 Å². The Morgan fingerprint density at radius 2 is 1.90 bits per heavy atom. The van der Waals surface area contributed by atoms with Gasteiger partial charge in [0.2, 0.25) is 5.91 Å². The maximum atomic E-state index is 11.9. The van der Waals surface area contributed by atoms with E-state index in [9.17, 15) is 4.79 Å². The number of hydrazone groups is 1. The molecule has 1 aliphatic heterocycles. The van der Waals surface area contributed by atoms with Crippen molar-refractivity contribution in [1.29, 1.82) is 0 Å². The number of thiophene rings is 1. The quantitative estimate of drug-likeness (QED) is 0.823. The zero-order valence-corrected chi connectivity index (χ0v) is 13.3. The molecule has 108 valence electrons. The lowest BCUT2D eigenvalue weighted by molar-refractivity contribution is -0.130. The topological polar surface area (TPSA) is 32.7 Å². The number of rotatable bonds is 2. The molecule has 1 aliphatic rings. The second-order valence-corrected chi connectivity index (χ2v) is 6.76. The van der Waals surface area contributed by atoms with E-state index in [1.807, 2.05) is 0 Å². The lowest BCUT2D eigenvalue weighted by Crippen LogP contribution is -2.23. The fourth-order valence-electron chi connectivity index (χ4n) is 2.58. The molecule has 0 bridgehead atoms. The van der Waals surface area contributed by atoms with Gasteiger partial charge in [-0.25, -0.2) is 5.01 Å². The highest BCUT2D eigenvalue weighted by Gasteiger charge is 2.32. The molecule has 0 saturated heterocycles. The molecule has 1 unspecified atom stereocenters. The van der Waals surface area contributed by atoms with E-state index in [2.05, 4.69) is 55.3 Å². The van der Waals surface area contributed by atoms with Crippen LogP contribution < -0.4 is 0 Å². The van der Waals surface area contributed by atoms with Crippen LogP contribution in [0.25, 0.3) is 0 Å². The predicted octanol–water partition coefficient (Wildman–Crippen LogP) is 4.06. The van der Waals surface area contributed by atoms with Crippen LogP contribution in [0.5, 0.6) is 0 Å². The van der Waals surface area contributed by atoms with E-state index in [1.54, 1.807) is 23.3 Å². The molecule has 1 amide bonds. The zero-order chi connectivity index (χ0) is 15.0. The molecule has 21 heavy (non-hydrogen) atoms. The summed E-state index contributed by atoms with van der Waals surface area (Å²) in [6.07, 6.45) is 0.780. The Labute approximate surface area is 128 Å². The van der Waals surface area contributed by atoms with Crippen LogP contribution in [0.15, 0.2) is 41.5 Å². The van der Waals surface area contributed by atoms with Crippen molar-refractivity contribution in [3.63, 3.8) is 0 Å². The Morgan fingerprint density at radius 1 is 1.19 bits per heavy atom. The normalized spacial score (nSPS) is 18.0. The van der Waals surface area contributed by atoms with Crippen LogP contribution in [-0.2, 0) is 4.79 Å². The van der Waals surface area contributed by atoms with Gasteiger partial charge in [0.1, 0.15) is 0 Å². The van der Waals surface area contributed by atoms with Gasteiger partial charge in [0.15, 0.2) is 0 Å². The number of nitrogens with zero attached hydrogens (tertiary/aromatic N) is 2. The number of carbonyl (C=O) groups is 1. The van der Waals surface area contributed by atoms with Crippen LogP contribution in [0.1, 0.15) is 40.3 Å². The van der Waals surface area contributed by atoms with Crippen molar-refractivity contribution in [3.8, 4) is 0 Å². The van der Waals surface area contributed by atoms with E-state index in [-0.39, 0.29) is 11.9 Å². The lowest BCUT2D eigenvalue weighted by Gasteiger charge is -2.18. The molecule has 3 rings (SSSR count). The van der Waals surface area contributed by atoms with E-state index in [4.69, 9.17) is 0 Å². The summed E-state index contributed by atoms with van der Waals surface area (Å²) in [7, 11) is 0. The molecule has 1 atom stereocenters.